The Morgan fingerprint density at radius 3 is 2.51 bits per heavy atom. The van der Waals surface area contributed by atoms with Crippen LogP contribution in [0.15, 0.2) is 11.6 Å². The van der Waals surface area contributed by atoms with Crippen molar-refractivity contribution in [2.75, 3.05) is 44.7 Å². The topological polar surface area (TPSA) is 128 Å². The predicted octanol–water partition coefficient (Wildman–Crippen LogP) is 2.92. The minimum absolute atomic E-state index is 0.0667. The molecule has 1 saturated heterocycles. The van der Waals surface area contributed by atoms with E-state index in [9.17, 15) is 9.59 Å². The van der Waals surface area contributed by atoms with Crippen LogP contribution in [0.3, 0.4) is 0 Å². The van der Waals surface area contributed by atoms with Crippen molar-refractivity contribution in [1.29, 1.82) is 0 Å². The van der Waals surface area contributed by atoms with Crippen molar-refractivity contribution >= 4 is 23.1 Å². The van der Waals surface area contributed by atoms with Crippen molar-refractivity contribution in [1.82, 2.24) is 14.9 Å². The van der Waals surface area contributed by atoms with Gasteiger partial charge < -0.3 is 26.0 Å². The number of piperazine rings is 1. The third-order valence-electron chi connectivity index (χ3n) is 8.58. The van der Waals surface area contributed by atoms with E-state index in [4.69, 9.17) is 26.2 Å². The van der Waals surface area contributed by atoms with Gasteiger partial charge in [-0.1, -0.05) is 13.3 Å². The molecule has 0 aromatic carbocycles. The molecule has 2 saturated carbocycles. The van der Waals surface area contributed by atoms with Crippen LogP contribution in [0.4, 0.5) is 5.82 Å². The molecule has 1 aromatic heterocycles. The highest BCUT2D eigenvalue weighted by molar-refractivity contribution is 6.17. The van der Waals surface area contributed by atoms with Gasteiger partial charge in [-0.05, 0) is 71.4 Å². The number of hydrogen-bond donors (Lipinski definition) is 2. The molecule has 0 bridgehead atoms. The number of nitrogens with zero attached hydrogens (tertiary/aromatic N) is 4. The fraction of sp³-hybridized carbons (Fsp3) is 0.714. The molecule has 4 N–H and O–H groups in total. The number of nitrogens with two attached hydrogens (primary N) is 2. The van der Waals surface area contributed by atoms with Crippen molar-refractivity contribution in [3.05, 3.63) is 17.5 Å². The van der Waals surface area contributed by atoms with E-state index in [0.717, 1.165) is 64.1 Å². The molecule has 2 heterocycles. The summed E-state index contributed by atoms with van der Waals surface area (Å²) in [6.45, 7) is 8.39. The molecule has 3 fully saturated rings. The molecular weight excluding hydrogens is 468 g/mol. The first-order valence-electron chi connectivity index (χ1n) is 14.0. The molecular formula is C28H44N6O3. The maximum atomic E-state index is 13.7. The van der Waals surface area contributed by atoms with Gasteiger partial charge in [-0.3, -0.25) is 9.59 Å². The van der Waals surface area contributed by atoms with Crippen LogP contribution < -0.4 is 21.1 Å². The van der Waals surface area contributed by atoms with Crippen LogP contribution in [0.5, 0.6) is 5.88 Å². The summed E-state index contributed by atoms with van der Waals surface area (Å²) in [7, 11) is 2.11. The van der Waals surface area contributed by atoms with Gasteiger partial charge in [0.15, 0.2) is 11.6 Å². The van der Waals surface area contributed by atoms with Gasteiger partial charge in [0.25, 0.3) is 0 Å². The summed E-state index contributed by atoms with van der Waals surface area (Å²) in [5, 5.41) is 0. The van der Waals surface area contributed by atoms with Crippen LogP contribution in [0.1, 0.15) is 77.5 Å². The summed E-state index contributed by atoms with van der Waals surface area (Å²) in [6, 6.07) is 1.88. The SMILES string of the molecule is C[C@H](Oc1cc(N2CCN(C)CC2)nc(C(N)=C2CCC[C@@]3(CCCCC3=O)C2=O)n1)[C@@H](C)CCCN. The third kappa shape index (κ3) is 5.98. The van der Waals surface area contributed by atoms with Crippen molar-refractivity contribution in [3.63, 3.8) is 0 Å². The largest absolute Gasteiger partial charge is 0.474 e. The summed E-state index contributed by atoms with van der Waals surface area (Å²) < 4.78 is 6.31. The Bertz CT molecular complexity index is 1020. The lowest BCUT2D eigenvalue weighted by atomic mass is 9.62. The Labute approximate surface area is 221 Å². The first-order chi connectivity index (χ1) is 17.7. The quantitative estimate of drug-likeness (QED) is 0.399. The standard InChI is InChI=1S/C28H44N6O3/c1-19(8-7-13-29)20(2)37-24-18-23(34-16-14-33(3)15-17-34)31-27(32-24)25(30)21-9-6-12-28(26(21)36)11-5-4-10-22(28)35/h18-20H,4-17,29-30H2,1-3H3/t19-,20-,28+/m0/s1. The zero-order chi connectivity index (χ0) is 26.6. The lowest BCUT2D eigenvalue weighted by Crippen LogP contribution is -2.45. The first-order valence-corrected chi connectivity index (χ1v) is 14.0. The molecule has 0 amide bonds. The number of carbonyl (C=O) groups excluding carboxylic acids is 2. The molecule has 4 rings (SSSR count). The first kappa shape index (κ1) is 27.5. The molecule has 9 heteroatoms. The number of aromatic nitrogens is 2. The molecule has 1 aliphatic heterocycles. The van der Waals surface area contributed by atoms with Crippen molar-refractivity contribution < 1.29 is 14.3 Å². The highest BCUT2D eigenvalue weighted by atomic mass is 16.5. The smallest absolute Gasteiger partial charge is 0.219 e. The molecule has 0 radical (unpaired) electrons. The number of hydrogen-bond acceptors (Lipinski definition) is 9. The summed E-state index contributed by atoms with van der Waals surface area (Å²) in [6.07, 6.45) is 6.64. The van der Waals surface area contributed by atoms with Crippen LogP contribution in [0, 0.1) is 11.3 Å². The Morgan fingerprint density at radius 1 is 1.08 bits per heavy atom. The van der Waals surface area contributed by atoms with E-state index in [0.29, 0.717) is 55.4 Å². The minimum Gasteiger partial charge on any atom is -0.474 e. The number of ether oxygens (including phenoxy) is 1. The van der Waals surface area contributed by atoms with Gasteiger partial charge in [-0.2, -0.15) is 4.98 Å². The van der Waals surface area contributed by atoms with E-state index in [1.165, 1.54) is 0 Å². The van der Waals surface area contributed by atoms with E-state index in [2.05, 4.69) is 23.8 Å². The molecule has 1 spiro atoms. The fourth-order valence-electron chi connectivity index (χ4n) is 5.84. The summed E-state index contributed by atoms with van der Waals surface area (Å²) in [5.41, 5.74) is 12.3. The monoisotopic (exact) mass is 512 g/mol. The average Bonchev–Trinajstić information content (AvgIpc) is 2.90. The van der Waals surface area contributed by atoms with Crippen LogP contribution >= 0.6 is 0 Å². The molecule has 0 unspecified atom stereocenters. The number of allylic oxidation sites excluding steroid dienone is 1. The van der Waals surface area contributed by atoms with Crippen LogP contribution in [0.2, 0.25) is 0 Å². The number of rotatable bonds is 8. The van der Waals surface area contributed by atoms with Gasteiger partial charge in [0.2, 0.25) is 5.88 Å². The number of likely N-dealkylation sites (N-methyl/N-ethyl adjacent to an activating group) is 1. The highest BCUT2D eigenvalue weighted by Crippen LogP contribution is 2.45. The van der Waals surface area contributed by atoms with Gasteiger partial charge in [-0.25, -0.2) is 4.98 Å². The van der Waals surface area contributed by atoms with E-state index in [1.807, 2.05) is 13.0 Å². The minimum atomic E-state index is -0.905. The highest BCUT2D eigenvalue weighted by Gasteiger charge is 2.49. The Hall–Kier alpha value is -2.52. The molecule has 37 heavy (non-hydrogen) atoms. The predicted molar refractivity (Wildman–Crippen MR) is 145 cm³/mol. The summed E-state index contributed by atoms with van der Waals surface area (Å²) in [4.78, 5) is 40.7. The van der Waals surface area contributed by atoms with Crippen molar-refractivity contribution in [2.45, 2.75) is 77.7 Å². The maximum Gasteiger partial charge on any atom is 0.219 e. The Morgan fingerprint density at radius 2 is 1.81 bits per heavy atom. The zero-order valence-corrected chi connectivity index (χ0v) is 22.8. The number of carbonyl (C=O) groups is 2. The third-order valence-corrected chi connectivity index (χ3v) is 8.58. The van der Waals surface area contributed by atoms with Crippen LogP contribution in [-0.4, -0.2) is 72.3 Å². The zero-order valence-electron chi connectivity index (χ0n) is 22.8. The molecule has 204 valence electrons. The average molecular weight is 513 g/mol. The van der Waals surface area contributed by atoms with Gasteiger partial charge >= 0.3 is 0 Å². The Balaban J connectivity index is 1.68. The summed E-state index contributed by atoms with van der Waals surface area (Å²) >= 11 is 0. The second-order valence-electron chi connectivity index (χ2n) is 11.2. The molecule has 9 nitrogen and oxygen atoms in total. The molecule has 2 aliphatic carbocycles. The maximum absolute atomic E-state index is 13.7. The number of Topliss-reactive ketones (excluding diaryl/α,β-unsaturated/α-hetero) is 2. The number of ketones is 2. The lowest BCUT2D eigenvalue weighted by molar-refractivity contribution is -0.143. The molecule has 1 aromatic rings. The van der Waals surface area contributed by atoms with Gasteiger partial charge in [0.05, 0.1) is 11.1 Å². The van der Waals surface area contributed by atoms with E-state index < -0.39 is 5.41 Å². The summed E-state index contributed by atoms with van der Waals surface area (Å²) in [5.74, 6) is 1.80. The normalized spacial score (nSPS) is 26.3. The number of anilines is 1. The van der Waals surface area contributed by atoms with Gasteiger partial charge in [0, 0.05) is 44.2 Å². The second kappa shape index (κ2) is 11.9. The molecule has 3 aliphatic rings. The van der Waals surface area contributed by atoms with Crippen molar-refractivity contribution in [2.24, 2.45) is 22.8 Å². The van der Waals surface area contributed by atoms with E-state index >= 15 is 0 Å². The van der Waals surface area contributed by atoms with Gasteiger partial charge in [-0.15, -0.1) is 0 Å². The lowest BCUT2D eigenvalue weighted by Gasteiger charge is -2.38. The van der Waals surface area contributed by atoms with Crippen LogP contribution in [0.25, 0.3) is 5.70 Å². The molecule has 3 atom stereocenters. The van der Waals surface area contributed by atoms with Crippen molar-refractivity contribution in [3.8, 4) is 5.88 Å². The van der Waals surface area contributed by atoms with Gasteiger partial charge in [0.1, 0.15) is 17.7 Å². The Kier molecular flexibility index (Phi) is 8.85. The van der Waals surface area contributed by atoms with E-state index in [-0.39, 0.29) is 23.4 Å². The fourth-order valence-corrected chi connectivity index (χ4v) is 5.84. The van der Waals surface area contributed by atoms with Crippen LogP contribution in [-0.2, 0) is 9.59 Å². The second-order valence-corrected chi connectivity index (χ2v) is 11.2. The van der Waals surface area contributed by atoms with E-state index in [1.54, 1.807) is 0 Å².